The van der Waals surface area contributed by atoms with Gasteiger partial charge in [0.1, 0.15) is 0 Å². The molecule has 0 aliphatic carbocycles. The van der Waals surface area contributed by atoms with E-state index in [-0.39, 0.29) is 0 Å². The lowest BCUT2D eigenvalue weighted by molar-refractivity contribution is 0.792. The first kappa shape index (κ1) is 9.93. The zero-order valence-electron chi connectivity index (χ0n) is 8.83. The van der Waals surface area contributed by atoms with E-state index in [0.717, 1.165) is 18.7 Å². The number of nitrogens with zero attached hydrogens (tertiary/aromatic N) is 1. The zero-order chi connectivity index (χ0) is 10.5. The molecule has 1 aromatic carbocycles. The number of imidazole rings is 1. The van der Waals surface area contributed by atoms with Crippen molar-refractivity contribution in [3.63, 3.8) is 0 Å². The van der Waals surface area contributed by atoms with Gasteiger partial charge in [0.05, 0.1) is 18.2 Å². The third-order valence-electron chi connectivity index (χ3n) is 2.40. The molecular formula is C12H15N3. The van der Waals surface area contributed by atoms with Crippen molar-refractivity contribution >= 4 is 0 Å². The molecule has 2 aromatic rings. The van der Waals surface area contributed by atoms with Gasteiger partial charge in [-0.2, -0.15) is 0 Å². The van der Waals surface area contributed by atoms with Crippen molar-refractivity contribution in [1.82, 2.24) is 15.3 Å². The first-order valence-corrected chi connectivity index (χ1v) is 5.12. The molecule has 0 amide bonds. The minimum absolute atomic E-state index is 1.01. The van der Waals surface area contributed by atoms with E-state index in [4.69, 9.17) is 0 Å². The number of benzene rings is 1. The van der Waals surface area contributed by atoms with Crippen molar-refractivity contribution in [2.24, 2.45) is 0 Å². The van der Waals surface area contributed by atoms with Crippen LogP contribution in [0, 0.1) is 0 Å². The number of hydrogen-bond acceptors (Lipinski definition) is 2. The van der Waals surface area contributed by atoms with Gasteiger partial charge in [0, 0.05) is 0 Å². The van der Waals surface area contributed by atoms with Crippen LogP contribution in [0.15, 0.2) is 36.8 Å². The number of likely N-dealkylation sites (N-methyl/N-ethyl adjacent to an activating group) is 1. The molecule has 1 aromatic heterocycles. The van der Waals surface area contributed by atoms with Crippen molar-refractivity contribution < 1.29 is 0 Å². The van der Waals surface area contributed by atoms with Gasteiger partial charge in [-0.25, -0.2) is 4.98 Å². The Labute approximate surface area is 89.6 Å². The normalized spacial score (nSPS) is 10.5. The molecule has 0 unspecified atom stereocenters. The van der Waals surface area contributed by atoms with Crippen LogP contribution in [0.4, 0.5) is 0 Å². The lowest BCUT2D eigenvalue weighted by Crippen LogP contribution is -2.10. The van der Waals surface area contributed by atoms with Gasteiger partial charge in [-0.05, 0) is 37.2 Å². The maximum atomic E-state index is 4.02. The highest BCUT2D eigenvalue weighted by Crippen LogP contribution is 2.17. The van der Waals surface area contributed by atoms with Crippen LogP contribution in [0.3, 0.4) is 0 Å². The average molecular weight is 201 g/mol. The first-order valence-electron chi connectivity index (χ1n) is 5.12. The molecule has 0 fully saturated rings. The van der Waals surface area contributed by atoms with Crippen LogP contribution in [0.25, 0.3) is 11.3 Å². The van der Waals surface area contributed by atoms with Crippen LogP contribution in [-0.4, -0.2) is 23.6 Å². The van der Waals surface area contributed by atoms with E-state index in [0.29, 0.717) is 0 Å². The molecule has 3 nitrogen and oxygen atoms in total. The Morgan fingerprint density at radius 2 is 2.33 bits per heavy atom. The van der Waals surface area contributed by atoms with Crippen molar-refractivity contribution in [2.45, 2.75) is 6.42 Å². The van der Waals surface area contributed by atoms with E-state index in [1.54, 1.807) is 6.33 Å². The number of aromatic nitrogens is 2. The zero-order valence-corrected chi connectivity index (χ0v) is 8.83. The maximum absolute atomic E-state index is 4.02. The summed E-state index contributed by atoms with van der Waals surface area (Å²) in [5, 5.41) is 3.15. The minimum atomic E-state index is 1.01. The second kappa shape index (κ2) is 4.75. The number of nitrogens with one attached hydrogen (secondary N) is 2. The van der Waals surface area contributed by atoms with Crippen molar-refractivity contribution in [3.05, 3.63) is 42.4 Å². The highest BCUT2D eigenvalue weighted by molar-refractivity contribution is 5.58. The average Bonchev–Trinajstić information content (AvgIpc) is 2.80. The topological polar surface area (TPSA) is 40.7 Å². The molecule has 0 aliphatic heterocycles. The van der Waals surface area contributed by atoms with E-state index in [1.807, 2.05) is 13.2 Å². The van der Waals surface area contributed by atoms with E-state index in [2.05, 4.69) is 39.6 Å². The summed E-state index contributed by atoms with van der Waals surface area (Å²) in [7, 11) is 1.97. The molecule has 0 bridgehead atoms. The van der Waals surface area contributed by atoms with Gasteiger partial charge in [0.2, 0.25) is 0 Å². The van der Waals surface area contributed by atoms with E-state index >= 15 is 0 Å². The Morgan fingerprint density at radius 3 is 3.07 bits per heavy atom. The predicted octanol–water partition coefficient (Wildman–Crippen LogP) is 1.84. The van der Waals surface area contributed by atoms with Crippen molar-refractivity contribution in [3.8, 4) is 11.3 Å². The molecule has 78 valence electrons. The molecule has 15 heavy (non-hydrogen) atoms. The molecule has 0 saturated heterocycles. The Kier molecular flexibility index (Phi) is 3.15. The summed E-state index contributed by atoms with van der Waals surface area (Å²) >= 11 is 0. The molecule has 0 spiro atoms. The highest BCUT2D eigenvalue weighted by Gasteiger charge is 1.99. The summed E-state index contributed by atoms with van der Waals surface area (Å²) < 4.78 is 0. The predicted molar refractivity (Wildman–Crippen MR) is 61.7 cm³/mol. The third-order valence-corrected chi connectivity index (χ3v) is 2.40. The van der Waals surface area contributed by atoms with Gasteiger partial charge in [0.25, 0.3) is 0 Å². The number of H-pyrrole nitrogens is 1. The van der Waals surface area contributed by atoms with E-state index in [1.165, 1.54) is 11.1 Å². The Balaban J connectivity index is 2.19. The Hall–Kier alpha value is -1.61. The van der Waals surface area contributed by atoms with Gasteiger partial charge in [0.15, 0.2) is 0 Å². The van der Waals surface area contributed by atoms with Crippen LogP contribution in [0.5, 0.6) is 0 Å². The fraction of sp³-hybridized carbons (Fsp3) is 0.250. The summed E-state index contributed by atoms with van der Waals surface area (Å²) in [6.07, 6.45) is 4.60. The van der Waals surface area contributed by atoms with Crippen molar-refractivity contribution in [1.29, 1.82) is 0 Å². The molecule has 0 saturated carbocycles. The van der Waals surface area contributed by atoms with Crippen LogP contribution in [0.1, 0.15) is 5.56 Å². The lowest BCUT2D eigenvalue weighted by Gasteiger charge is -2.03. The molecule has 2 N–H and O–H groups in total. The molecule has 3 heteroatoms. The fourth-order valence-corrected chi connectivity index (χ4v) is 1.58. The Morgan fingerprint density at radius 1 is 1.40 bits per heavy atom. The van der Waals surface area contributed by atoms with Gasteiger partial charge in [-0.3, -0.25) is 0 Å². The van der Waals surface area contributed by atoms with Gasteiger partial charge < -0.3 is 10.3 Å². The largest absolute Gasteiger partial charge is 0.345 e. The molecule has 0 aliphatic rings. The summed E-state index contributed by atoms with van der Waals surface area (Å²) in [5.74, 6) is 0. The second-order valence-corrected chi connectivity index (χ2v) is 3.52. The molecule has 0 atom stereocenters. The molecule has 0 radical (unpaired) electrons. The fourth-order valence-electron chi connectivity index (χ4n) is 1.58. The smallest absolute Gasteiger partial charge is 0.0924 e. The minimum Gasteiger partial charge on any atom is -0.345 e. The van der Waals surface area contributed by atoms with E-state index in [9.17, 15) is 0 Å². The second-order valence-electron chi connectivity index (χ2n) is 3.52. The number of hydrogen-bond donors (Lipinski definition) is 2. The van der Waals surface area contributed by atoms with Crippen molar-refractivity contribution in [2.75, 3.05) is 13.6 Å². The monoisotopic (exact) mass is 201 g/mol. The standard InChI is InChI=1S/C12H15N3/c1-13-6-5-10-3-2-4-11(7-10)12-8-14-9-15-12/h2-4,7-9,13H,5-6H2,1H3,(H,14,15). The lowest BCUT2D eigenvalue weighted by atomic mass is 10.1. The van der Waals surface area contributed by atoms with Gasteiger partial charge in [-0.15, -0.1) is 0 Å². The summed E-state index contributed by atoms with van der Waals surface area (Å²) in [6, 6.07) is 8.53. The van der Waals surface area contributed by atoms with Crippen LogP contribution in [0.2, 0.25) is 0 Å². The summed E-state index contributed by atoms with van der Waals surface area (Å²) in [4.78, 5) is 7.13. The van der Waals surface area contributed by atoms with E-state index < -0.39 is 0 Å². The van der Waals surface area contributed by atoms with Crippen LogP contribution in [-0.2, 0) is 6.42 Å². The number of aromatic amines is 1. The van der Waals surface area contributed by atoms with Crippen LogP contribution >= 0.6 is 0 Å². The summed E-state index contributed by atoms with van der Waals surface area (Å²) in [6.45, 7) is 1.01. The summed E-state index contributed by atoms with van der Waals surface area (Å²) in [5.41, 5.74) is 3.61. The third kappa shape index (κ3) is 2.44. The molecular weight excluding hydrogens is 186 g/mol. The first-order chi connectivity index (χ1) is 7.40. The van der Waals surface area contributed by atoms with Gasteiger partial charge in [-0.1, -0.05) is 18.2 Å². The van der Waals surface area contributed by atoms with Crippen LogP contribution < -0.4 is 5.32 Å². The molecule has 2 rings (SSSR count). The Bertz CT molecular complexity index is 407. The highest BCUT2D eigenvalue weighted by atomic mass is 14.9. The molecule has 1 heterocycles. The quantitative estimate of drug-likeness (QED) is 0.792. The number of rotatable bonds is 4. The SMILES string of the molecule is CNCCc1cccc(-c2cnc[nH]2)c1. The van der Waals surface area contributed by atoms with Gasteiger partial charge >= 0.3 is 0 Å². The maximum Gasteiger partial charge on any atom is 0.0924 e.